The molecule has 0 unspecified atom stereocenters. The predicted molar refractivity (Wildman–Crippen MR) is 86.0 cm³/mol. The summed E-state index contributed by atoms with van der Waals surface area (Å²) >= 11 is 6.13. The second kappa shape index (κ2) is 7.59. The Hall–Kier alpha value is -1.89. The molecule has 1 fully saturated rings. The smallest absolute Gasteiger partial charge is 0.223 e. The minimum absolute atomic E-state index is 0.0721. The molecule has 1 amide bonds. The number of aromatic nitrogens is 1. The van der Waals surface area contributed by atoms with E-state index in [9.17, 15) is 4.79 Å². The fourth-order valence-electron chi connectivity index (χ4n) is 2.41. The van der Waals surface area contributed by atoms with Crippen LogP contribution in [-0.4, -0.2) is 36.9 Å². The average molecular weight is 336 g/mol. The lowest BCUT2D eigenvalue weighted by Crippen LogP contribution is -2.41. The molecule has 122 valence electrons. The van der Waals surface area contributed by atoms with Gasteiger partial charge in [-0.25, -0.2) is 0 Å². The lowest BCUT2D eigenvalue weighted by Gasteiger charge is -2.22. The molecule has 2 aromatic rings. The molecule has 2 heterocycles. The molecule has 0 radical (unpaired) electrons. The second-order valence-corrected chi connectivity index (χ2v) is 5.74. The number of halogens is 1. The normalized spacial score (nSPS) is 17.9. The van der Waals surface area contributed by atoms with Crippen LogP contribution in [0.15, 0.2) is 34.9 Å². The summed E-state index contributed by atoms with van der Waals surface area (Å²) < 4.78 is 10.7. The van der Waals surface area contributed by atoms with Crippen LogP contribution < -0.4 is 10.6 Å². The van der Waals surface area contributed by atoms with E-state index in [1.54, 1.807) is 12.1 Å². The quantitative estimate of drug-likeness (QED) is 0.874. The van der Waals surface area contributed by atoms with Gasteiger partial charge in [-0.3, -0.25) is 4.79 Å². The first kappa shape index (κ1) is 16.0. The third-order valence-electron chi connectivity index (χ3n) is 3.59. The molecule has 1 aromatic heterocycles. The Kier molecular flexibility index (Phi) is 5.27. The van der Waals surface area contributed by atoms with Gasteiger partial charge in [0.05, 0.1) is 30.7 Å². The highest BCUT2D eigenvalue weighted by molar-refractivity contribution is 6.33. The fraction of sp³-hybridized carbons (Fsp3) is 0.375. The van der Waals surface area contributed by atoms with Crippen LogP contribution in [0.2, 0.25) is 5.02 Å². The molecule has 7 heteroatoms. The Morgan fingerprint density at radius 2 is 2.30 bits per heavy atom. The molecule has 1 aliphatic rings. The van der Waals surface area contributed by atoms with E-state index in [2.05, 4.69) is 15.8 Å². The summed E-state index contributed by atoms with van der Waals surface area (Å²) in [6.45, 7) is 2.46. The first-order chi connectivity index (χ1) is 11.2. The Labute approximate surface area is 139 Å². The standard InChI is InChI=1S/C16H18ClN3O3/c17-14-4-2-1-3-13(14)15-7-12(23-20-15)10-19-16(21)8-11-9-18-5-6-22-11/h1-4,7,11,18H,5-6,8-10H2,(H,19,21)/t11-/m0/s1. The van der Waals surface area contributed by atoms with E-state index in [1.165, 1.54) is 0 Å². The molecule has 0 aliphatic carbocycles. The highest BCUT2D eigenvalue weighted by atomic mass is 35.5. The molecule has 3 rings (SSSR count). The van der Waals surface area contributed by atoms with Crippen LogP contribution in [0.25, 0.3) is 11.3 Å². The average Bonchev–Trinajstić information content (AvgIpc) is 3.03. The van der Waals surface area contributed by atoms with Crippen molar-refractivity contribution in [1.29, 1.82) is 0 Å². The number of carbonyl (C=O) groups is 1. The summed E-state index contributed by atoms with van der Waals surface area (Å²) in [4.78, 5) is 11.9. The number of ether oxygens (including phenoxy) is 1. The monoisotopic (exact) mass is 335 g/mol. The maximum absolute atomic E-state index is 11.9. The number of hydrogen-bond acceptors (Lipinski definition) is 5. The van der Waals surface area contributed by atoms with Gasteiger partial charge < -0.3 is 19.9 Å². The summed E-state index contributed by atoms with van der Waals surface area (Å²) in [6, 6.07) is 9.19. The Morgan fingerprint density at radius 1 is 1.43 bits per heavy atom. The number of nitrogens with zero attached hydrogens (tertiary/aromatic N) is 1. The third-order valence-corrected chi connectivity index (χ3v) is 3.92. The molecule has 0 saturated carbocycles. The molecule has 2 N–H and O–H groups in total. The van der Waals surface area contributed by atoms with Crippen molar-refractivity contribution in [2.75, 3.05) is 19.7 Å². The SMILES string of the molecule is O=C(C[C@H]1CNCCO1)NCc1cc(-c2ccccc2Cl)no1. The van der Waals surface area contributed by atoms with Gasteiger partial charge in [-0.05, 0) is 6.07 Å². The molecule has 1 atom stereocenters. The number of amides is 1. The van der Waals surface area contributed by atoms with Crippen LogP contribution >= 0.6 is 11.6 Å². The Balaban J connectivity index is 1.53. The minimum Gasteiger partial charge on any atom is -0.375 e. The van der Waals surface area contributed by atoms with Gasteiger partial charge >= 0.3 is 0 Å². The zero-order valence-electron chi connectivity index (χ0n) is 12.5. The Morgan fingerprint density at radius 3 is 3.09 bits per heavy atom. The van der Waals surface area contributed by atoms with Crippen LogP contribution in [0.3, 0.4) is 0 Å². The van der Waals surface area contributed by atoms with Crippen molar-refractivity contribution in [2.24, 2.45) is 0 Å². The van der Waals surface area contributed by atoms with Crippen LogP contribution in [0, 0.1) is 0 Å². The fourth-order valence-corrected chi connectivity index (χ4v) is 2.64. The third kappa shape index (κ3) is 4.31. The van der Waals surface area contributed by atoms with Crippen LogP contribution in [-0.2, 0) is 16.1 Å². The summed E-state index contributed by atoms with van der Waals surface area (Å²) in [5, 5.41) is 10.6. The number of hydrogen-bond donors (Lipinski definition) is 2. The first-order valence-electron chi connectivity index (χ1n) is 7.52. The van der Waals surface area contributed by atoms with Crippen molar-refractivity contribution in [2.45, 2.75) is 19.1 Å². The van der Waals surface area contributed by atoms with E-state index in [0.29, 0.717) is 36.0 Å². The number of carbonyl (C=O) groups excluding carboxylic acids is 1. The molecular formula is C16H18ClN3O3. The number of rotatable bonds is 5. The maximum Gasteiger partial charge on any atom is 0.223 e. The summed E-state index contributed by atoms with van der Waals surface area (Å²) in [5.74, 6) is 0.505. The van der Waals surface area contributed by atoms with Gasteiger partial charge in [0, 0.05) is 24.7 Å². The molecule has 6 nitrogen and oxygen atoms in total. The van der Waals surface area contributed by atoms with E-state index >= 15 is 0 Å². The molecule has 23 heavy (non-hydrogen) atoms. The first-order valence-corrected chi connectivity index (χ1v) is 7.89. The van der Waals surface area contributed by atoms with Gasteiger partial charge in [0.1, 0.15) is 5.69 Å². The van der Waals surface area contributed by atoms with Gasteiger partial charge in [-0.2, -0.15) is 0 Å². The summed E-state index contributed by atoms with van der Waals surface area (Å²) in [5.41, 5.74) is 1.46. The highest BCUT2D eigenvalue weighted by Crippen LogP contribution is 2.26. The number of nitrogens with one attached hydrogen (secondary N) is 2. The van der Waals surface area contributed by atoms with Crippen molar-refractivity contribution in [3.8, 4) is 11.3 Å². The van der Waals surface area contributed by atoms with Gasteiger partial charge in [-0.1, -0.05) is 35.0 Å². The minimum atomic E-state index is -0.0746. The second-order valence-electron chi connectivity index (χ2n) is 5.34. The molecule has 0 spiro atoms. The van der Waals surface area contributed by atoms with E-state index in [-0.39, 0.29) is 18.6 Å². The lowest BCUT2D eigenvalue weighted by atomic mass is 10.1. The zero-order valence-corrected chi connectivity index (χ0v) is 13.3. The van der Waals surface area contributed by atoms with Crippen molar-refractivity contribution in [3.63, 3.8) is 0 Å². The number of benzene rings is 1. The summed E-state index contributed by atoms with van der Waals surface area (Å²) in [6.07, 6.45) is 0.260. The van der Waals surface area contributed by atoms with Crippen molar-refractivity contribution >= 4 is 17.5 Å². The van der Waals surface area contributed by atoms with Gasteiger partial charge in [0.2, 0.25) is 5.91 Å². The van der Waals surface area contributed by atoms with E-state index < -0.39 is 0 Å². The largest absolute Gasteiger partial charge is 0.375 e. The lowest BCUT2D eigenvalue weighted by molar-refractivity contribution is -0.124. The molecule has 1 saturated heterocycles. The molecular weight excluding hydrogens is 318 g/mol. The predicted octanol–water partition coefficient (Wildman–Crippen LogP) is 1.99. The Bertz CT molecular complexity index is 668. The number of morpholine rings is 1. The molecule has 0 bridgehead atoms. The van der Waals surface area contributed by atoms with Crippen molar-refractivity contribution < 1.29 is 14.1 Å². The van der Waals surface area contributed by atoms with Crippen LogP contribution in [0.4, 0.5) is 0 Å². The topological polar surface area (TPSA) is 76.4 Å². The molecule has 1 aliphatic heterocycles. The van der Waals surface area contributed by atoms with E-state index in [4.69, 9.17) is 20.9 Å². The van der Waals surface area contributed by atoms with Crippen LogP contribution in [0.5, 0.6) is 0 Å². The maximum atomic E-state index is 11.9. The van der Waals surface area contributed by atoms with Gasteiger partial charge in [0.25, 0.3) is 0 Å². The van der Waals surface area contributed by atoms with Crippen molar-refractivity contribution in [3.05, 3.63) is 41.1 Å². The van der Waals surface area contributed by atoms with Crippen molar-refractivity contribution in [1.82, 2.24) is 15.8 Å². The van der Waals surface area contributed by atoms with E-state index in [0.717, 1.165) is 12.1 Å². The summed E-state index contributed by atoms with van der Waals surface area (Å²) in [7, 11) is 0. The zero-order chi connectivity index (χ0) is 16.1. The van der Waals surface area contributed by atoms with Gasteiger partial charge in [-0.15, -0.1) is 0 Å². The molecule has 1 aromatic carbocycles. The van der Waals surface area contributed by atoms with E-state index in [1.807, 2.05) is 18.2 Å². The van der Waals surface area contributed by atoms with Crippen LogP contribution in [0.1, 0.15) is 12.2 Å². The highest BCUT2D eigenvalue weighted by Gasteiger charge is 2.17. The van der Waals surface area contributed by atoms with Gasteiger partial charge in [0.15, 0.2) is 5.76 Å².